The third-order valence-corrected chi connectivity index (χ3v) is 11.5. The van der Waals surface area contributed by atoms with Crippen LogP contribution in [0, 0.1) is 34.5 Å². The predicted molar refractivity (Wildman–Crippen MR) is 119 cm³/mol. The third kappa shape index (κ3) is 2.20. The van der Waals surface area contributed by atoms with Crippen molar-refractivity contribution < 1.29 is 34.3 Å². The molecule has 1 heterocycles. The zero-order valence-electron chi connectivity index (χ0n) is 20.6. The predicted octanol–water partition coefficient (Wildman–Crippen LogP) is 0.271. The number of hydrogen-bond donors (Lipinski definition) is 3. The van der Waals surface area contributed by atoms with Gasteiger partial charge in [0, 0.05) is 70.0 Å². The Hall–Kier alpha value is -0.320. The molecule has 8 heteroatoms. The Morgan fingerprint density at radius 3 is 2.42 bits per heavy atom. The van der Waals surface area contributed by atoms with Crippen LogP contribution in [0.5, 0.6) is 0 Å². The zero-order valence-corrected chi connectivity index (χ0v) is 20.6. The molecular formula is C25H41NO7. The van der Waals surface area contributed by atoms with Crippen molar-refractivity contribution in [1.82, 2.24) is 4.90 Å². The number of aliphatic hydroxyl groups is 3. The second-order valence-corrected chi connectivity index (χ2v) is 11.9. The molecule has 3 N–H and O–H groups in total. The molecule has 33 heavy (non-hydrogen) atoms. The number of aliphatic hydroxyl groups excluding tert-OH is 1. The summed E-state index contributed by atoms with van der Waals surface area (Å²) in [6.07, 6.45) is 1.06. The van der Waals surface area contributed by atoms with Crippen molar-refractivity contribution in [2.24, 2.45) is 34.5 Å². The summed E-state index contributed by atoms with van der Waals surface area (Å²) in [6.45, 7) is 4.18. The molecule has 6 aliphatic rings. The van der Waals surface area contributed by atoms with Gasteiger partial charge in [-0.25, -0.2) is 0 Å². The second-order valence-electron chi connectivity index (χ2n) is 11.9. The van der Waals surface area contributed by atoms with E-state index in [-0.39, 0.29) is 47.3 Å². The van der Waals surface area contributed by atoms with Gasteiger partial charge in [0.2, 0.25) is 0 Å². The number of likely N-dealkylation sites (tertiary alicyclic amines) is 1. The number of nitrogens with zero attached hydrogens (tertiary/aromatic N) is 1. The van der Waals surface area contributed by atoms with Crippen LogP contribution in [0.15, 0.2) is 0 Å². The molecule has 0 unspecified atom stereocenters. The van der Waals surface area contributed by atoms with Crippen molar-refractivity contribution in [2.45, 2.75) is 74.3 Å². The lowest BCUT2D eigenvalue weighted by Crippen LogP contribution is -2.82. The Morgan fingerprint density at radius 1 is 1.06 bits per heavy atom. The molecule has 1 aliphatic heterocycles. The maximum Gasteiger partial charge on any atom is 0.136 e. The highest BCUT2D eigenvalue weighted by Crippen LogP contribution is 2.80. The van der Waals surface area contributed by atoms with Crippen LogP contribution in [-0.2, 0) is 18.9 Å². The van der Waals surface area contributed by atoms with E-state index in [4.69, 9.17) is 18.9 Å². The van der Waals surface area contributed by atoms with Crippen LogP contribution in [-0.4, -0.2) is 110 Å². The van der Waals surface area contributed by atoms with Crippen LogP contribution in [0.2, 0.25) is 0 Å². The van der Waals surface area contributed by atoms with Crippen LogP contribution in [0.25, 0.3) is 0 Å². The molecule has 0 amide bonds. The smallest absolute Gasteiger partial charge is 0.136 e. The zero-order chi connectivity index (χ0) is 23.6. The maximum atomic E-state index is 12.9. The Bertz CT molecular complexity index is 814. The Balaban J connectivity index is 1.67. The molecule has 0 aromatic heterocycles. The Morgan fingerprint density at radius 2 is 1.82 bits per heavy atom. The molecular weight excluding hydrogens is 426 g/mol. The quantitative estimate of drug-likeness (QED) is 0.512. The average molecular weight is 468 g/mol. The molecule has 188 valence electrons. The topological polar surface area (TPSA) is 101 Å². The van der Waals surface area contributed by atoms with E-state index in [1.54, 1.807) is 28.4 Å². The summed E-state index contributed by atoms with van der Waals surface area (Å²) in [7, 11) is 6.79. The highest BCUT2D eigenvalue weighted by Gasteiger charge is 2.91. The minimum atomic E-state index is -1.55. The van der Waals surface area contributed by atoms with E-state index < -0.39 is 28.8 Å². The molecule has 8 nitrogen and oxygen atoms in total. The number of hydrogen-bond acceptors (Lipinski definition) is 8. The summed E-state index contributed by atoms with van der Waals surface area (Å²) in [5, 5.41) is 37.6. The molecule has 0 aromatic carbocycles. The van der Waals surface area contributed by atoms with Crippen molar-refractivity contribution in [3.63, 3.8) is 0 Å². The normalized spacial score (nSPS) is 60.9. The average Bonchev–Trinajstić information content (AvgIpc) is 3.22. The summed E-state index contributed by atoms with van der Waals surface area (Å²) in [4.78, 5) is 2.33. The molecule has 13 atom stereocenters. The third-order valence-electron chi connectivity index (χ3n) is 11.5. The van der Waals surface area contributed by atoms with Gasteiger partial charge in [-0.1, -0.05) is 6.92 Å². The second kappa shape index (κ2) is 7.13. The van der Waals surface area contributed by atoms with Gasteiger partial charge in [0.15, 0.2) is 0 Å². The molecule has 0 aromatic rings. The molecule has 7 bridgehead atoms. The number of methoxy groups -OCH3 is 4. The van der Waals surface area contributed by atoms with Crippen LogP contribution < -0.4 is 0 Å². The van der Waals surface area contributed by atoms with E-state index in [1.807, 2.05) is 0 Å². The van der Waals surface area contributed by atoms with Crippen molar-refractivity contribution in [3.8, 4) is 0 Å². The van der Waals surface area contributed by atoms with Crippen molar-refractivity contribution in [3.05, 3.63) is 0 Å². The fourth-order valence-electron chi connectivity index (χ4n) is 11.0. The molecule has 6 fully saturated rings. The maximum absolute atomic E-state index is 12.9. The van der Waals surface area contributed by atoms with E-state index in [0.717, 1.165) is 25.9 Å². The fraction of sp³-hybridized carbons (Fsp3) is 1.00. The molecule has 1 saturated heterocycles. The lowest BCUT2D eigenvalue weighted by atomic mass is 9.42. The van der Waals surface area contributed by atoms with Crippen LogP contribution >= 0.6 is 0 Å². The largest absolute Gasteiger partial charge is 0.392 e. The Kier molecular flexibility index (Phi) is 4.99. The highest BCUT2D eigenvalue weighted by molar-refractivity contribution is 5.41. The van der Waals surface area contributed by atoms with Gasteiger partial charge in [-0.15, -0.1) is 0 Å². The van der Waals surface area contributed by atoms with Gasteiger partial charge in [0.05, 0.1) is 37.1 Å². The van der Waals surface area contributed by atoms with Gasteiger partial charge < -0.3 is 34.3 Å². The van der Waals surface area contributed by atoms with Crippen molar-refractivity contribution >= 4 is 0 Å². The minimum absolute atomic E-state index is 0.00825. The van der Waals surface area contributed by atoms with E-state index in [9.17, 15) is 15.3 Å². The lowest BCUT2D eigenvalue weighted by Gasteiger charge is -2.69. The van der Waals surface area contributed by atoms with Crippen LogP contribution in [0.4, 0.5) is 0 Å². The first-order valence-corrected chi connectivity index (χ1v) is 12.7. The van der Waals surface area contributed by atoms with E-state index in [1.165, 1.54) is 0 Å². The van der Waals surface area contributed by atoms with Gasteiger partial charge in [-0.05, 0) is 31.7 Å². The number of rotatable bonds is 6. The van der Waals surface area contributed by atoms with Crippen molar-refractivity contribution in [1.29, 1.82) is 0 Å². The number of piperidine rings is 1. The number of ether oxygens (including phenoxy) is 4. The van der Waals surface area contributed by atoms with Gasteiger partial charge in [0.1, 0.15) is 11.2 Å². The molecule has 1 spiro atoms. The summed E-state index contributed by atoms with van der Waals surface area (Å²) >= 11 is 0. The summed E-state index contributed by atoms with van der Waals surface area (Å²) < 4.78 is 24.0. The van der Waals surface area contributed by atoms with Crippen molar-refractivity contribution in [2.75, 3.05) is 48.1 Å². The van der Waals surface area contributed by atoms with Gasteiger partial charge in [-0.2, -0.15) is 0 Å². The summed E-state index contributed by atoms with van der Waals surface area (Å²) in [5.41, 5.74) is -3.82. The van der Waals surface area contributed by atoms with Gasteiger partial charge >= 0.3 is 0 Å². The van der Waals surface area contributed by atoms with Gasteiger partial charge in [-0.3, -0.25) is 4.90 Å². The van der Waals surface area contributed by atoms with E-state index in [0.29, 0.717) is 19.4 Å². The van der Waals surface area contributed by atoms with Gasteiger partial charge in [0.25, 0.3) is 0 Å². The monoisotopic (exact) mass is 467 g/mol. The van der Waals surface area contributed by atoms with E-state index >= 15 is 0 Å². The minimum Gasteiger partial charge on any atom is -0.392 e. The SMILES string of the molecule is CCN1C[C@]2(COC)CC[C@H](O)[C@@]34[C@@H]2[C@H](OC)[C@@](O)([C@@H]13)[C@@]1(O)C[C@H](OC)[C@H]2C[C@H]4[C@@H]1[C@H]2OC. The molecule has 5 saturated carbocycles. The van der Waals surface area contributed by atoms with E-state index in [2.05, 4.69) is 11.8 Å². The standard InChI is InChI=1S/C25H41NO7/c1-6-26-11-22(12-30-2)8-7-16(27)24-14-9-13-15(31-3)10-23(28,17(14)18(13)32-4)25(29,21(24)26)20(33-5)19(22)24/h13-21,27-29H,6-12H2,1-5H3/t13-,14+,15+,16+,17-,18+,19-,20+,21+,22+,23-,24+,25-/m1/s1. The number of fused-ring (bicyclic) bond motifs is 2. The Labute approximate surface area is 196 Å². The fourth-order valence-corrected chi connectivity index (χ4v) is 11.0. The first-order valence-electron chi connectivity index (χ1n) is 12.7. The number of likely N-dealkylation sites (N-methyl/N-ethyl adjacent to an activating group) is 1. The highest BCUT2D eigenvalue weighted by atomic mass is 16.5. The summed E-state index contributed by atoms with van der Waals surface area (Å²) in [6, 6.07) is -0.386. The molecule has 5 aliphatic carbocycles. The first kappa shape index (κ1) is 23.1. The molecule has 6 rings (SSSR count). The van der Waals surface area contributed by atoms with Crippen LogP contribution in [0.3, 0.4) is 0 Å². The lowest BCUT2D eigenvalue weighted by molar-refractivity contribution is -0.318. The van der Waals surface area contributed by atoms with Crippen LogP contribution in [0.1, 0.15) is 32.6 Å². The summed E-state index contributed by atoms with van der Waals surface area (Å²) in [5.74, 6) is -0.231. The first-order chi connectivity index (χ1) is 15.8. The molecule has 0 radical (unpaired) electrons.